The molecule has 0 spiro atoms. The molecule has 2 aliphatic rings. The van der Waals surface area contributed by atoms with Crippen LogP contribution in [-0.4, -0.2) is 59.1 Å². The second kappa shape index (κ2) is 8.86. The van der Waals surface area contributed by atoms with Crippen molar-refractivity contribution in [1.82, 2.24) is 19.9 Å². The number of hydrogen-bond donors (Lipinski definition) is 0. The van der Waals surface area contributed by atoms with Crippen molar-refractivity contribution in [1.29, 1.82) is 0 Å². The van der Waals surface area contributed by atoms with Gasteiger partial charge in [0, 0.05) is 25.9 Å². The number of likely N-dealkylation sites (tertiary alicyclic amines) is 2. The highest BCUT2D eigenvalue weighted by Gasteiger charge is 2.30. The van der Waals surface area contributed by atoms with E-state index in [-0.39, 0.29) is 11.8 Å². The van der Waals surface area contributed by atoms with E-state index in [1.165, 1.54) is 18.4 Å². The maximum absolute atomic E-state index is 12.3. The molecule has 2 fully saturated rings. The van der Waals surface area contributed by atoms with Gasteiger partial charge in [-0.15, -0.1) is 0 Å². The first-order chi connectivity index (χ1) is 13.7. The van der Waals surface area contributed by atoms with Crippen molar-refractivity contribution < 1.29 is 9.32 Å². The summed E-state index contributed by atoms with van der Waals surface area (Å²) in [6.45, 7) is 3.73. The molecule has 1 atom stereocenters. The quantitative estimate of drug-likeness (QED) is 0.769. The summed E-state index contributed by atoms with van der Waals surface area (Å²) in [5, 5.41) is 4.24. The van der Waals surface area contributed by atoms with Crippen LogP contribution in [0.1, 0.15) is 48.9 Å². The molecule has 150 valence electrons. The molecule has 3 heterocycles. The van der Waals surface area contributed by atoms with Crippen molar-refractivity contribution in [3.05, 3.63) is 47.6 Å². The normalized spacial score (nSPS) is 22.0. The fraction of sp³-hybridized carbons (Fsp3) is 0.591. The van der Waals surface area contributed by atoms with E-state index in [1.54, 1.807) is 0 Å². The van der Waals surface area contributed by atoms with Gasteiger partial charge in [-0.3, -0.25) is 4.79 Å². The summed E-state index contributed by atoms with van der Waals surface area (Å²) in [4.78, 5) is 21.4. The van der Waals surface area contributed by atoms with Crippen molar-refractivity contribution in [3.8, 4) is 0 Å². The van der Waals surface area contributed by atoms with Gasteiger partial charge in [0.25, 0.3) is 0 Å². The van der Waals surface area contributed by atoms with Crippen LogP contribution in [0.15, 0.2) is 34.9 Å². The Labute approximate surface area is 166 Å². The predicted molar refractivity (Wildman–Crippen MR) is 107 cm³/mol. The van der Waals surface area contributed by atoms with Gasteiger partial charge in [-0.05, 0) is 57.3 Å². The molecule has 0 saturated carbocycles. The molecule has 6 nitrogen and oxygen atoms in total. The molecule has 1 unspecified atom stereocenters. The summed E-state index contributed by atoms with van der Waals surface area (Å²) in [5.74, 6) is 2.58. The third-order valence-corrected chi connectivity index (χ3v) is 6.16. The lowest BCUT2D eigenvalue weighted by molar-refractivity contribution is -0.133. The molecule has 1 aromatic heterocycles. The molecule has 2 aromatic rings. The van der Waals surface area contributed by atoms with Crippen molar-refractivity contribution in [2.75, 3.05) is 33.2 Å². The number of benzene rings is 1. The van der Waals surface area contributed by atoms with Gasteiger partial charge in [0.1, 0.15) is 0 Å². The van der Waals surface area contributed by atoms with E-state index in [0.29, 0.717) is 24.8 Å². The van der Waals surface area contributed by atoms with Crippen LogP contribution in [0.3, 0.4) is 0 Å². The lowest BCUT2D eigenvalue weighted by atomic mass is 9.93. The number of nitrogens with zero attached hydrogens (tertiary/aromatic N) is 4. The van der Waals surface area contributed by atoms with Crippen LogP contribution in [0.2, 0.25) is 0 Å². The lowest BCUT2D eigenvalue weighted by Crippen LogP contribution is -2.40. The number of carbonyl (C=O) groups is 1. The van der Waals surface area contributed by atoms with Gasteiger partial charge in [0.15, 0.2) is 5.82 Å². The molecule has 1 amide bonds. The van der Waals surface area contributed by atoms with Gasteiger partial charge in [-0.1, -0.05) is 35.5 Å². The Kier molecular flexibility index (Phi) is 6.05. The Morgan fingerprint density at radius 3 is 2.71 bits per heavy atom. The van der Waals surface area contributed by atoms with Gasteiger partial charge >= 0.3 is 0 Å². The maximum atomic E-state index is 12.3. The number of hydrogen-bond acceptors (Lipinski definition) is 5. The van der Waals surface area contributed by atoms with Crippen LogP contribution in [-0.2, 0) is 17.6 Å². The minimum atomic E-state index is 0.159. The van der Waals surface area contributed by atoms with Crippen molar-refractivity contribution in [2.45, 2.75) is 44.4 Å². The zero-order chi connectivity index (χ0) is 19.3. The van der Waals surface area contributed by atoms with E-state index in [9.17, 15) is 4.79 Å². The summed E-state index contributed by atoms with van der Waals surface area (Å²) in [6.07, 6.45) is 5.55. The van der Waals surface area contributed by atoms with Gasteiger partial charge in [0.2, 0.25) is 11.8 Å². The third-order valence-electron chi connectivity index (χ3n) is 6.16. The number of carbonyl (C=O) groups excluding carboxylic acids is 1. The molecule has 0 N–H and O–H groups in total. The van der Waals surface area contributed by atoms with E-state index < -0.39 is 0 Å². The van der Waals surface area contributed by atoms with Crippen LogP contribution in [0.25, 0.3) is 0 Å². The molecule has 6 heteroatoms. The van der Waals surface area contributed by atoms with Crippen LogP contribution < -0.4 is 0 Å². The third kappa shape index (κ3) is 4.79. The Morgan fingerprint density at radius 2 is 1.93 bits per heavy atom. The number of aromatic nitrogens is 2. The summed E-state index contributed by atoms with van der Waals surface area (Å²) in [7, 11) is 2.18. The predicted octanol–water partition coefficient (Wildman–Crippen LogP) is 2.90. The lowest BCUT2D eigenvalue weighted by Gasteiger charge is -2.31. The Balaban J connectivity index is 1.32. The first-order valence-electron chi connectivity index (χ1n) is 10.5. The topological polar surface area (TPSA) is 62.5 Å². The second-order valence-electron chi connectivity index (χ2n) is 8.31. The van der Waals surface area contributed by atoms with Crippen molar-refractivity contribution in [2.24, 2.45) is 5.92 Å². The average molecular weight is 383 g/mol. The zero-order valence-corrected chi connectivity index (χ0v) is 16.7. The van der Waals surface area contributed by atoms with E-state index in [2.05, 4.69) is 29.2 Å². The molecule has 28 heavy (non-hydrogen) atoms. The Hall–Kier alpha value is -2.21. The molecule has 4 rings (SSSR count). The van der Waals surface area contributed by atoms with Crippen LogP contribution in [0.4, 0.5) is 0 Å². The van der Waals surface area contributed by atoms with Gasteiger partial charge in [-0.25, -0.2) is 0 Å². The largest absolute Gasteiger partial charge is 0.342 e. The first kappa shape index (κ1) is 19.1. The van der Waals surface area contributed by atoms with Crippen molar-refractivity contribution in [3.63, 3.8) is 0 Å². The van der Waals surface area contributed by atoms with Crippen LogP contribution in [0.5, 0.6) is 0 Å². The van der Waals surface area contributed by atoms with E-state index in [4.69, 9.17) is 9.51 Å². The molecule has 1 aromatic carbocycles. The van der Waals surface area contributed by atoms with Crippen LogP contribution in [0, 0.1) is 5.92 Å². The highest BCUT2D eigenvalue weighted by molar-refractivity contribution is 5.77. The highest BCUT2D eigenvalue weighted by Crippen LogP contribution is 2.27. The fourth-order valence-electron chi connectivity index (χ4n) is 4.28. The minimum absolute atomic E-state index is 0.159. The molecule has 0 radical (unpaired) electrons. The van der Waals surface area contributed by atoms with Crippen LogP contribution >= 0.6 is 0 Å². The smallest absolute Gasteiger partial charge is 0.231 e. The summed E-state index contributed by atoms with van der Waals surface area (Å²) >= 11 is 0. The summed E-state index contributed by atoms with van der Waals surface area (Å²) in [6, 6.07) is 10.3. The van der Waals surface area contributed by atoms with Gasteiger partial charge in [0.05, 0.1) is 5.92 Å². The SMILES string of the molecule is CN1CCC(Cc2noc(C3CCC(=O)N(CCc4ccccc4)C3)n2)CC1. The minimum Gasteiger partial charge on any atom is -0.342 e. The molecular weight excluding hydrogens is 352 g/mol. The fourth-order valence-corrected chi connectivity index (χ4v) is 4.28. The molecule has 2 aliphatic heterocycles. The monoisotopic (exact) mass is 382 g/mol. The summed E-state index contributed by atoms with van der Waals surface area (Å²) in [5.41, 5.74) is 1.26. The Morgan fingerprint density at radius 1 is 1.14 bits per heavy atom. The second-order valence-corrected chi connectivity index (χ2v) is 8.31. The highest BCUT2D eigenvalue weighted by atomic mass is 16.5. The number of amides is 1. The number of piperidine rings is 2. The van der Waals surface area contributed by atoms with E-state index >= 15 is 0 Å². The first-order valence-corrected chi connectivity index (χ1v) is 10.5. The van der Waals surface area contributed by atoms with E-state index in [1.807, 2.05) is 23.1 Å². The standard InChI is InChI=1S/C22H30N4O2/c1-25-12-9-18(10-13-25)15-20-23-22(28-24-20)19-7-8-21(27)26(16-19)14-11-17-5-3-2-4-6-17/h2-6,18-19H,7-16H2,1H3. The van der Waals surface area contributed by atoms with Gasteiger partial charge < -0.3 is 14.3 Å². The summed E-state index contributed by atoms with van der Waals surface area (Å²) < 4.78 is 5.60. The van der Waals surface area contributed by atoms with E-state index in [0.717, 1.165) is 44.7 Å². The molecule has 2 saturated heterocycles. The number of rotatable bonds is 6. The van der Waals surface area contributed by atoms with Gasteiger partial charge in [-0.2, -0.15) is 4.98 Å². The molecule has 0 aliphatic carbocycles. The van der Waals surface area contributed by atoms with Crippen molar-refractivity contribution >= 4 is 5.91 Å². The average Bonchev–Trinajstić information content (AvgIpc) is 3.18. The zero-order valence-electron chi connectivity index (χ0n) is 16.7. The molecule has 0 bridgehead atoms. The maximum Gasteiger partial charge on any atom is 0.231 e. The Bertz CT molecular complexity index is 768. The molecular formula is C22H30N4O2.